The van der Waals surface area contributed by atoms with Crippen molar-refractivity contribution in [1.29, 1.82) is 0 Å². The van der Waals surface area contributed by atoms with E-state index in [1.165, 1.54) is 15.0 Å². The number of aromatic nitrogens is 1. The predicted molar refractivity (Wildman–Crippen MR) is 63.9 cm³/mol. The number of thiophene rings is 1. The van der Waals surface area contributed by atoms with E-state index in [1.807, 2.05) is 12.1 Å². The zero-order valence-electron chi connectivity index (χ0n) is 8.31. The molecule has 0 spiro atoms. The summed E-state index contributed by atoms with van der Waals surface area (Å²) in [4.78, 5) is 5.48. The molecule has 1 radical (unpaired) electrons. The van der Waals surface area contributed by atoms with Gasteiger partial charge in [-0.2, -0.15) is 12.1 Å². The summed E-state index contributed by atoms with van der Waals surface area (Å²) in [6.45, 7) is 0. The molecule has 0 aliphatic carbocycles. The quantitative estimate of drug-likeness (QED) is 0.565. The molecule has 0 aliphatic rings. The first-order chi connectivity index (χ1) is 7.43. The fraction of sp³-hybridized carbons (Fsp3) is 0. The van der Waals surface area contributed by atoms with Gasteiger partial charge in [0.25, 0.3) is 0 Å². The summed E-state index contributed by atoms with van der Waals surface area (Å²) in [7, 11) is 0. The number of nitrogens with zero attached hydrogens (tertiary/aromatic N) is 1. The molecule has 3 rings (SSSR count). The molecule has 0 N–H and O–H groups in total. The van der Waals surface area contributed by atoms with Crippen LogP contribution in [0.5, 0.6) is 0 Å². The summed E-state index contributed by atoms with van der Waals surface area (Å²) in [6.07, 6.45) is 1.80. The Balaban J connectivity index is 0.000000963. The van der Waals surface area contributed by atoms with Crippen LogP contribution < -0.4 is 0 Å². The Kier molecular flexibility index (Phi) is 3.49. The van der Waals surface area contributed by atoms with Gasteiger partial charge < -0.3 is 0 Å². The number of rotatable bonds is 1. The van der Waals surface area contributed by atoms with Gasteiger partial charge in [-0.15, -0.1) is 6.07 Å². The van der Waals surface area contributed by atoms with Crippen molar-refractivity contribution in [3.05, 3.63) is 54.7 Å². The van der Waals surface area contributed by atoms with Gasteiger partial charge in [0, 0.05) is 24.8 Å². The third-order valence-corrected chi connectivity index (χ3v) is 3.39. The monoisotopic (exact) mass is 403 g/mol. The second-order valence-corrected chi connectivity index (χ2v) is 4.36. The number of benzene rings is 1. The van der Waals surface area contributed by atoms with Crippen LogP contribution in [-0.2, 0) is 20.1 Å². The molecule has 81 valence electrons. The van der Waals surface area contributed by atoms with Crippen molar-refractivity contribution >= 4 is 21.4 Å². The van der Waals surface area contributed by atoms with Crippen molar-refractivity contribution in [2.75, 3.05) is 0 Å². The van der Waals surface area contributed by atoms with E-state index in [0.29, 0.717) is 0 Å². The van der Waals surface area contributed by atoms with Gasteiger partial charge in [-0.25, -0.2) is 11.3 Å². The van der Waals surface area contributed by atoms with Gasteiger partial charge in [-0.05, 0) is 28.2 Å². The van der Waals surface area contributed by atoms with Crippen LogP contribution in [-0.4, -0.2) is 4.98 Å². The third-order valence-electron chi connectivity index (χ3n) is 2.26. The van der Waals surface area contributed by atoms with Crippen molar-refractivity contribution in [2.24, 2.45) is 0 Å². The summed E-state index contributed by atoms with van der Waals surface area (Å²) < 4.78 is 1.30. The molecule has 0 unspecified atom stereocenters. The minimum absolute atomic E-state index is 0. The van der Waals surface area contributed by atoms with Crippen LogP contribution in [0.3, 0.4) is 0 Å². The van der Waals surface area contributed by atoms with E-state index in [2.05, 4.69) is 41.4 Å². The summed E-state index contributed by atoms with van der Waals surface area (Å²) in [5, 5.41) is 1.27. The van der Waals surface area contributed by atoms with Crippen LogP contribution in [0, 0.1) is 6.07 Å². The molecule has 0 atom stereocenters. The zero-order chi connectivity index (χ0) is 10.1. The van der Waals surface area contributed by atoms with Crippen molar-refractivity contribution < 1.29 is 20.1 Å². The van der Waals surface area contributed by atoms with Crippen LogP contribution in [0.15, 0.2) is 48.7 Å². The van der Waals surface area contributed by atoms with Gasteiger partial charge in [0.05, 0.1) is 0 Å². The summed E-state index contributed by atoms with van der Waals surface area (Å²) in [5.74, 6) is 0. The molecule has 1 aromatic carbocycles. The molecular formula is C13H8IrNS-. The molecule has 0 amide bonds. The van der Waals surface area contributed by atoms with E-state index in [0.717, 1.165) is 5.69 Å². The maximum Gasteiger partial charge on any atom is 0.0209 e. The van der Waals surface area contributed by atoms with Gasteiger partial charge in [0.2, 0.25) is 0 Å². The van der Waals surface area contributed by atoms with Crippen LogP contribution >= 0.6 is 11.3 Å². The van der Waals surface area contributed by atoms with E-state index in [1.54, 1.807) is 17.5 Å². The smallest absolute Gasteiger partial charge is 0.0209 e. The molecule has 2 aromatic heterocycles. The minimum atomic E-state index is 0. The predicted octanol–water partition coefficient (Wildman–Crippen LogP) is 3.76. The Morgan fingerprint density at radius 1 is 1.12 bits per heavy atom. The molecule has 0 saturated carbocycles. The van der Waals surface area contributed by atoms with Crippen molar-refractivity contribution in [2.45, 2.75) is 0 Å². The van der Waals surface area contributed by atoms with Gasteiger partial charge in [0.1, 0.15) is 0 Å². The van der Waals surface area contributed by atoms with Gasteiger partial charge in [-0.3, -0.25) is 4.98 Å². The number of fused-ring (bicyclic) bond motifs is 1. The van der Waals surface area contributed by atoms with Crippen LogP contribution in [0.4, 0.5) is 0 Å². The molecule has 3 heteroatoms. The Bertz CT molecular complexity index is 556. The van der Waals surface area contributed by atoms with Crippen LogP contribution in [0.1, 0.15) is 0 Å². The Labute approximate surface area is 112 Å². The number of hydrogen-bond donors (Lipinski definition) is 0. The normalized spacial score (nSPS) is 10.0. The average molecular weight is 402 g/mol. The minimum Gasteiger partial charge on any atom is -0.295 e. The first-order valence-electron chi connectivity index (χ1n) is 4.75. The Hall–Kier alpha value is -1.02. The molecule has 0 fully saturated rings. The Morgan fingerprint density at radius 2 is 2.00 bits per heavy atom. The molecule has 2 heterocycles. The number of pyridine rings is 1. The second kappa shape index (κ2) is 4.87. The standard InChI is InChI=1S/C13H8NS.Ir/c1-2-7-12-10(5-1)9-13(15-12)11-6-3-4-8-14-11;/h1-5,7-9H;/q-1;. The van der Waals surface area contributed by atoms with E-state index in [9.17, 15) is 0 Å². The maximum atomic E-state index is 4.30. The third kappa shape index (κ3) is 2.07. The maximum absolute atomic E-state index is 4.30. The molecule has 0 aliphatic heterocycles. The molecule has 0 bridgehead atoms. The fourth-order valence-electron chi connectivity index (χ4n) is 1.56. The molecule has 1 nitrogen and oxygen atoms in total. The fourth-order valence-corrected chi connectivity index (χ4v) is 2.58. The topological polar surface area (TPSA) is 12.9 Å². The van der Waals surface area contributed by atoms with E-state index < -0.39 is 0 Å². The summed E-state index contributed by atoms with van der Waals surface area (Å²) in [6, 6.07) is 17.5. The SMILES string of the molecule is [Ir].[c-]1cccnc1-c1cc2ccccc2s1. The van der Waals surface area contributed by atoms with Crippen LogP contribution in [0.2, 0.25) is 0 Å². The number of hydrogen-bond acceptors (Lipinski definition) is 2. The van der Waals surface area contributed by atoms with E-state index in [4.69, 9.17) is 0 Å². The van der Waals surface area contributed by atoms with E-state index in [-0.39, 0.29) is 20.1 Å². The van der Waals surface area contributed by atoms with Gasteiger partial charge in [-0.1, -0.05) is 24.3 Å². The van der Waals surface area contributed by atoms with Crippen molar-refractivity contribution in [3.63, 3.8) is 0 Å². The van der Waals surface area contributed by atoms with Gasteiger partial charge in [0.15, 0.2) is 0 Å². The average Bonchev–Trinajstić information content (AvgIpc) is 2.74. The van der Waals surface area contributed by atoms with E-state index >= 15 is 0 Å². The van der Waals surface area contributed by atoms with Crippen molar-refractivity contribution in [3.8, 4) is 10.6 Å². The zero-order valence-corrected chi connectivity index (χ0v) is 11.5. The summed E-state index contributed by atoms with van der Waals surface area (Å²) in [5.41, 5.74) is 0.929. The Morgan fingerprint density at radius 3 is 2.75 bits per heavy atom. The molecule has 0 saturated heterocycles. The molecule has 3 aromatic rings. The molecular weight excluding hydrogens is 394 g/mol. The first kappa shape index (κ1) is 11.5. The second-order valence-electron chi connectivity index (χ2n) is 3.28. The van der Waals surface area contributed by atoms with Crippen LogP contribution in [0.25, 0.3) is 20.7 Å². The largest absolute Gasteiger partial charge is 0.295 e. The van der Waals surface area contributed by atoms with Gasteiger partial charge >= 0.3 is 0 Å². The molecule has 16 heavy (non-hydrogen) atoms. The first-order valence-corrected chi connectivity index (χ1v) is 5.57. The summed E-state index contributed by atoms with van der Waals surface area (Å²) >= 11 is 1.76. The van der Waals surface area contributed by atoms with Crippen molar-refractivity contribution in [1.82, 2.24) is 4.98 Å².